The quantitative estimate of drug-likeness (QED) is 0.754. The van der Waals surface area contributed by atoms with Crippen molar-refractivity contribution in [2.75, 3.05) is 6.61 Å². The molecule has 0 saturated heterocycles. The van der Waals surface area contributed by atoms with Crippen LogP contribution in [0.25, 0.3) is 0 Å². The van der Waals surface area contributed by atoms with Crippen molar-refractivity contribution >= 4 is 19.7 Å². The van der Waals surface area contributed by atoms with Gasteiger partial charge in [0.15, 0.2) is 0 Å². The molecule has 0 aromatic carbocycles. The molecule has 0 aliphatic heterocycles. The molecule has 0 atom stereocenters. The fourth-order valence-electron chi connectivity index (χ4n) is 0.709. The summed E-state index contributed by atoms with van der Waals surface area (Å²) >= 11 is 0. The molecule has 1 rings (SSSR count). The molecule has 0 aliphatic rings. The Labute approximate surface area is 92.3 Å². The van der Waals surface area contributed by atoms with Crippen molar-refractivity contribution in [2.24, 2.45) is 0 Å². The largest absolute Gasteiger partial charge is 0.394 e. The maximum absolute atomic E-state index is 11.7. The Balaban J connectivity index is 2.66. The highest BCUT2D eigenvalue weighted by Gasteiger charge is 2.27. The molecule has 11 heteroatoms. The van der Waals surface area contributed by atoms with Crippen molar-refractivity contribution in [1.29, 1.82) is 0 Å². The molecule has 1 aromatic rings. The Morgan fingerprint density at radius 1 is 1.50 bits per heavy atom. The number of halogens is 4. The topological polar surface area (TPSA) is 74.1 Å². The summed E-state index contributed by atoms with van der Waals surface area (Å²) in [6.45, 7) is -0.785. The molecule has 0 bridgehead atoms. The zero-order valence-corrected chi connectivity index (χ0v) is 9.05. The van der Waals surface area contributed by atoms with Crippen LogP contribution in [-0.2, 0) is 9.05 Å². The van der Waals surface area contributed by atoms with E-state index in [1.807, 2.05) is 0 Å². The third-order valence-corrected chi connectivity index (χ3v) is 2.57. The molecular formula is C5H5ClF3N3O3S. The van der Waals surface area contributed by atoms with E-state index in [9.17, 15) is 21.6 Å². The standard InChI is InChI=1S/C5H5ClF3N3O3S/c6-16(13,14)4-3-10-11-12(4)15-2-1-5(7,8)9/h3H,1-2H2. The van der Waals surface area contributed by atoms with Crippen molar-refractivity contribution in [1.82, 2.24) is 15.2 Å². The van der Waals surface area contributed by atoms with Crippen LogP contribution in [-0.4, -0.2) is 36.4 Å². The van der Waals surface area contributed by atoms with Gasteiger partial charge in [0.05, 0.1) is 12.6 Å². The first kappa shape index (κ1) is 13.0. The van der Waals surface area contributed by atoms with Crippen LogP contribution in [0.15, 0.2) is 11.2 Å². The molecule has 0 saturated carbocycles. The molecule has 0 unspecified atom stereocenters. The van der Waals surface area contributed by atoms with Gasteiger partial charge in [-0.3, -0.25) is 0 Å². The third-order valence-electron chi connectivity index (χ3n) is 1.34. The van der Waals surface area contributed by atoms with Crippen molar-refractivity contribution in [2.45, 2.75) is 17.6 Å². The van der Waals surface area contributed by atoms with Gasteiger partial charge in [0, 0.05) is 10.7 Å². The predicted octanol–water partition coefficient (Wildman–Crippen LogP) is 0.587. The van der Waals surface area contributed by atoms with Crippen LogP contribution in [0.5, 0.6) is 0 Å². The smallest absolute Gasteiger partial charge is 0.392 e. The van der Waals surface area contributed by atoms with Gasteiger partial charge >= 0.3 is 6.18 Å². The fourth-order valence-corrected chi connectivity index (χ4v) is 1.45. The second-order valence-electron chi connectivity index (χ2n) is 2.58. The monoisotopic (exact) mass is 279 g/mol. The maximum atomic E-state index is 11.7. The van der Waals surface area contributed by atoms with Gasteiger partial charge in [-0.15, -0.1) is 5.10 Å². The third kappa shape index (κ3) is 3.85. The van der Waals surface area contributed by atoms with E-state index in [-0.39, 0.29) is 0 Å². The molecule has 0 aliphatic carbocycles. The zero-order chi connectivity index (χ0) is 12.4. The van der Waals surface area contributed by atoms with Crippen molar-refractivity contribution in [3.8, 4) is 0 Å². The van der Waals surface area contributed by atoms with Crippen LogP contribution < -0.4 is 4.84 Å². The average molecular weight is 280 g/mol. The van der Waals surface area contributed by atoms with Crippen LogP contribution in [0, 0.1) is 0 Å². The molecule has 0 radical (unpaired) electrons. The highest BCUT2D eigenvalue weighted by molar-refractivity contribution is 8.13. The van der Waals surface area contributed by atoms with Crippen molar-refractivity contribution in [3.05, 3.63) is 6.20 Å². The summed E-state index contributed by atoms with van der Waals surface area (Å²) in [7, 11) is 0.791. The van der Waals surface area contributed by atoms with Crippen LogP contribution in [0.1, 0.15) is 6.42 Å². The summed E-state index contributed by atoms with van der Waals surface area (Å²) in [6.07, 6.45) is -4.88. The number of hydrogen-bond donors (Lipinski definition) is 0. The predicted molar refractivity (Wildman–Crippen MR) is 45.2 cm³/mol. The van der Waals surface area contributed by atoms with E-state index in [4.69, 9.17) is 10.7 Å². The Bertz CT molecular complexity index is 457. The van der Waals surface area contributed by atoms with E-state index >= 15 is 0 Å². The molecule has 1 heterocycles. The van der Waals surface area contributed by atoms with Gasteiger partial charge in [0.25, 0.3) is 9.05 Å². The van der Waals surface area contributed by atoms with Crippen molar-refractivity contribution < 1.29 is 26.4 Å². The van der Waals surface area contributed by atoms with Crippen LogP contribution >= 0.6 is 10.7 Å². The minimum absolute atomic E-state index is 0.327. The van der Waals surface area contributed by atoms with Crippen LogP contribution in [0.3, 0.4) is 0 Å². The molecule has 0 fully saturated rings. The maximum Gasteiger partial charge on any atom is 0.392 e. The molecule has 16 heavy (non-hydrogen) atoms. The minimum atomic E-state index is -4.40. The zero-order valence-electron chi connectivity index (χ0n) is 7.48. The number of alkyl halides is 3. The average Bonchev–Trinajstić information content (AvgIpc) is 2.48. The number of rotatable bonds is 4. The van der Waals surface area contributed by atoms with E-state index in [1.165, 1.54) is 0 Å². The Morgan fingerprint density at radius 3 is 2.62 bits per heavy atom. The first-order valence-electron chi connectivity index (χ1n) is 3.75. The summed E-state index contributed by atoms with van der Waals surface area (Å²) in [5.74, 6) is 0. The van der Waals surface area contributed by atoms with Gasteiger partial charge in [-0.25, -0.2) is 8.42 Å². The SMILES string of the molecule is O=S(=O)(Cl)c1cnnn1OCCC(F)(F)F. The highest BCUT2D eigenvalue weighted by atomic mass is 35.7. The number of hydrogen-bond acceptors (Lipinski definition) is 5. The lowest BCUT2D eigenvalue weighted by atomic mass is 10.5. The molecular weight excluding hydrogens is 275 g/mol. The molecule has 0 amide bonds. The molecule has 6 nitrogen and oxygen atoms in total. The minimum Gasteiger partial charge on any atom is -0.394 e. The van der Waals surface area contributed by atoms with E-state index in [0.717, 1.165) is 6.20 Å². The lowest BCUT2D eigenvalue weighted by Crippen LogP contribution is -2.22. The summed E-state index contributed by atoms with van der Waals surface area (Å²) in [6, 6.07) is 0. The number of nitrogens with zero attached hydrogens (tertiary/aromatic N) is 3. The molecule has 0 N–H and O–H groups in total. The van der Waals surface area contributed by atoms with E-state index in [2.05, 4.69) is 15.1 Å². The van der Waals surface area contributed by atoms with Crippen molar-refractivity contribution in [3.63, 3.8) is 0 Å². The number of aromatic nitrogens is 3. The van der Waals surface area contributed by atoms with Gasteiger partial charge in [-0.05, 0) is 5.21 Å². The Morgan fingerprint density at radius 2 is 2.12 bits per heavy atom. The lowest BCUT2D eigenvalue weighted by molar-refractivity contribution is -0.147. The van der Waals surface area contributed by atoms with Gasteiger partial charge in [-0.2, -0.15) is 13.2 Å². The first-order valence-corrected chi connectivity index (χ1v) is 6.06. The van der Waals surface area contributed by atoms with Crippen LogP contribution in [0.2, 0.25) is 0 Å². The fraction of sp³-hybridized carbons (Fsp3) is 0.600. The normalized spacial score (nSPS) is 12.8. The summed E-state index contributed by atoms with van der Waals surface area (Å²) in [5, 5.41) is 5.63. The molecule has 0 spiro atoms. The summed E-state index contributed by atoms with van der Waals surface area (Å²) in [5.41, 5.74) is 0. The lowest BCUT2D eigenvalue weighted by Gasteiger charge is -2.08. The van der Waals surface area contributed by atoms with Gasteiger partial charge in [0.2, 0.25) is 5.03 Å². The van der Waals surface area contributed by atoms with E-state index < -0.39 is 33.3 Å². The highest BCUT2D eigenvalue weighted by Crippen LogP contribution is 2.18. The van der Waals surface area contributed by atoms with Gasteiger partial charge < -0.3 is 4.84 Å². The molecule has 1 aromatic heterocycles. The molecule has 92 valence electrons. The second-order valence-corrected chi connectivity index (χ2v) is 5.09. The van der Waals surface area contributed by atoms with Gasteiger partial charge in [0.1, 0.15) is 6.61 Å². The van der Waals surface area contributed by atoms with E-state index in [0.29, 0.717) is 4.85 Å². The summed E-state index contributed by atoms with van der Waals surface area (Å²) < 4.78 is 56.9. The second kappa shape index (κ2) is 4.45. The first-order chi connectivity index (χ1) is 7.20. The van der Waals surface area contributed by atoms with Crippen LogP contribution in [0.4, 0.5) is 13.2 Å². The van der Waals surface area contributed by atoms with E-state index in [1.54, 1.807) is 0 Å². The summed E-state index contributed by atoms with van der Waals surface area (Å²) in [4.78, 5) is 4.77. The Kier molecular flexibility index (Phi) is 3.63. The van der Waals surface area contributed by atoms with Gasteiger partial charge in [-0.1, -0.05) is 4.85 Å². The Hall–Kier alpha value is -1.03.